The molecule has 0 saturated carbocycles. The van der Waals surface area contributed by atoms with E-state index in [-0.39, 0.29) is 18.2 Å². The normalized spacial score (nSPS) is 22.8. The summed E-state index contributed by atoms with van der Waals surface area (Å²) in [4.78, 5) is 22.4. The van der Waals surface area contributed by atoms with Crippen molar-refractivity contribution in [1.82, 2.24) is 5.32 Å². The second-order valence-electron chi connectivity index (χ2n) is 4.37. The number of carbonyl (C=O) groups excluding carboxylic acids is 1. The molecule has 1 saturated heterocycles. The third-order valence-electron chi connectivity index (χ3n) is 3.11. The maximum absolute atomic E-state index is 11.3. The van der Waals surface area contributed by atoms with E-state index in [2.05, 4.69) is 5.32 Å². The number of carbonyl (C=O) groups is 2. The van der Waals surface area contributed by atoms with Crippen molar-refractivity contribution in [2.75, 3.05) is 7.11 Å². The van der Waals surface area contributed by atoms with Crippen LogP contribution in [0.3, 0.4) is 0 Å². The van der Waals surface area contributed by atoms with Gasteiger partial charge in [0.15, 0.2) is 0 Å². The maximum atomic E-state index is 11.3. The number of rotatable bonds is 4. The Kier molecular flexibility index (Phi) is 3.62. The van der Waals surface area contributed by atoms with Crippen molar-refractivity contribution in [3.8, 4) is 0 Å². The Hall–Kier alpha value is -1.88. The van der Waals surface area contributed by atoms with Crippen LogP contribution in [0.5, 0.6) is 0 Å². The molecule has 2 unspecified atom stereocenters. The molecular formula is C13H15NO4. The van der Waals surface area contributed by atoms with Crippen molar-refractivity contribution < 1.29 is 19.4 Å². The van der Waals surface area contributed by atoms with Gasteiger partial charge in [-0.25, -0.2) is 4.79 Å². The van der Waals surface area contributed by atoms with Crippen LogP contribution < -0.4 is 5.32 Å². The van der Waals surface area contributed by atoms with Crippen LogP contribution in [-0.2, 0) is 20.9 Å². The molecule has 1 fully saturated rings. The van der Waals surface area contributed by atoms with Crippen molar-refractivity contribution in [3.05, 3.63) is 35.4 Å². The average Bonchev–Trinajstić information content (AvgIpc) is 2.73. The van der Waals surface area contributed by atoms with Crippen molar-refractivity contribution in [2.24, 2.45) is 0 Å². The van der Waals surface area contributed by atoms with Crippen LogP contribution >= 0.6 is 0 Å². The topological polar surface area (TPSA) is 75.6 Å². The monoisotopic (exact) mass is 249 g/mol. The molecule has 0 radical (unpaired) electrons. The molecule has 0 aliphatic carbocycles. The SMILES string of the molecule is COCc1ccc(C2CC(=O)NC2C(=O)O)cc1. The van der Waals surface area contributed by atoms with Crippen molar-refractivity contribution >= 4 is 11.9 Å². The molecule has 1 aromatic rings. The molecule has 5 nitrogen and oxygen atoms in total. The Morgan fingerprint density at radius 2 is 2.11 bits per heavy atom. The summed E-state index contributed by atoms with van der Waals surface area (Å²) in [5.74, 6) is -1.51. The number of amides is 1. The van der Waals surface area contributed by atoms with Crippen LogP contribution in [-0.4, -0.2) is 30.1 Å². The largest absolute Gasteiger partial charge is 0.480 e. The van der Waals surface area contributed by atoms with Gasteiger partial charge in [0.1, 0.15) is 6.04 Å². The fraction of sp³-hybridized carbons (Fsp3) is 0.385. The standard InChI is InChI=1S/C13H15NO4/c1-18-7-8-2-4-9(5-3-8)10-6-11(15)14-12(10)13(16)17/h2-5,10,12H,6-7H2,1H3,(H,14,15)(H,16,17). The first kappa shape index (κ1) is 12.6. The zero-order valence-corrected chi connectivity index (χ0v) is 10.1. The summed E-state index contributed by atoms with van der Waals surface area (Å²) in [5.41, 5.74) is 1.88. The highest BCUT2D eigenvalue weighted by Crippen LogP contribution is 2.28. The first-order valence-electron chi connectivity index (χ1n) is 5.71. The van der Waals surface area contributed by atoms with Gasteiger partial charge in [-0.05, 0) is 11.1 Å². The summed E-state index contributed by atoms with van der Waals surface area (Å²) in [6.07, 6.45) is 0.223. The van der Waals surface area contributed by atoms with Crippen LogP contribution in [0.4, 0.5) is 0 Å². The second-order valence-corrected chi connectivity index (χ2v) is 4.37. The number of nitrogens with one attached hydrogen (secondary N) is 1. The van der Waals surface area contributed by atoms with Gasteiger partial charge in [-0.1, -0.05) is 24.3 Å². The van der Waals surface area contributed by atoms with E-state index < -0.39 is 12.0 Å². The van der Waals surface area contributed by atoms with Crippen LogP contribution in [0.2, 0.25) is 0 Å². The lowest BCUT2D eigenvalue weighted by Crippen LogP contribution is -2.36. The van der Waals surface area contributed by atoms with Gasteiger partial charge in [0, 0.05) is 19.4 Å². The molecule has 96 valence electrons. The van der Waals surface area contributed by atoms with E-state index in [0.717, 1.165) is 11.1 Å². The quantitative estimate of drug-likeness (QED) is 0.831. The number of hydrogen-bond acceptors (Lipinski definition) is 3. The van der Waals surface area contributed by atoms with Crippen LogP contribution in [0.1, 0.15) is 23.5 Å². The Morgan fingerprint density at radius 3 is 2.67 bits per heavy atom. The van der Waals surface area contributed by atoms with Crippen molar-refractivity contribution in [1.29, 1.82) is 0 Å². The van der Waals surface area contributed by atoms with Gasteiger partial charge in [0.05, 0.1) is 6.61 Å². The number of carboxylic acids is 1. The lowest BCUT2D eigenvalue weighted by atomic mass is 9.91. The van der Waals surface area contributed by atoms with Crippen LogP contribution in [0.25, 0.3) is 0 Å². The molecule has 1 aromatic carbocycles. The predicted molar refractivity (Wildman–Crippen MR) is 64.1 cm³/mol. The van der Waals surface area contributed by atoms with Crippen LogP contribution in [0.15, 0.2) is 24.3 Å². The Labute approximate surface area is 105 Å². The zero-order valence-electron chi connectivity index (χ0n) is 10.1. The molecular weight excluding hydrogens is 234 g/mol. The van der Waals surface area contributed by atoms with Crippen LogP contribution in [0, 0.1) is 0 Å². The van der Waals surface area contributed by atoms with Crippen molar-refractivity contribution in [2.45, 2.75) is 25.0 Å². The molecule has 1 aliphatic rings. The van der Waals surface area contributed by atoms with Gasteiger partial charge in [-0.15, -0.1) is 0 Å². The summed E-state index contributed by atoms with van der Waals surface area (Å²) >= 11 is 0. The molecule has 1 aliphatic heterocycles. The summed E-state index contributed by atoms with van der Waals surface area (Å²) in [7, 11) is 1.62. The minimum absolute atomic E-state index is 0.214. The highest BCUT2D eigenvalue weighted by Gasteiger charge is 2.38. The van der Waals surface area contributed by atoms with Gasteiger partial charge >= 0.3 is 5.97 Å². The van der Waals surface area contributed by atoms with E-state index in [1.54, 1.807) is 7.11 Å². The van der Waals surface area contributed by atoms with Gasteiger partial charge in [-0.3, -0.25) is 4.79 Å². The molecule has 18 heavy (non-hydrogen) atoms. The van der Waals surface area contributed by atoms with E-state index in [1.807, 2.05) is 24.3 Å². The van der Waals surface area contributed by atoms with E-state index in [4.69, 9.17) is 9.84 Å². The van der Waals surface area contributed by atoms with Gasteiger partial charge in [-0.2, -0.15) is 0 Å². The molecule has 1 heterocycles. The Morgan fingerprint density at radius 1 is 1.44 bits per heavy atom. The van der Waals surface area contributed by atoms with Gasteiger partial charge < -0.3 is 15.2 Å². The smallest absolute Gasteiger partial charge is 0.326 e. The fourth-order valence-electron chi connectivity index (χ4n) is 2.22. The average molecular weight is 249 g/mol. The number of benzene rings is 1. The van der Waals surface area contributed by atoms with Gasteiger partial charge in [0.2, 0.25) is 5.91 Å². The minimum atomic E-state index is -0.994. The first-order chi connectivity index (χ1) is 8.61. The molecule has 0 bridgehead atoms. The van der Waals surface area contributed by atoms with Gasteiger partial charge in [0.25, 0.3) is 0 Å². The number of aliphatic carboxylic acids is 1. The van der Waals surface area contributed by atoms with E-state index in [0.29, 0.717) is 6.61 Å². The lowest BCUT2D eigenvalue weighted by Gasteiger charge is -2.15. The number of methoxy groups -OCH3 is 1. The molecule has 5 heteroatoms. The first-order valence-corrected chi connectivity index (χ1v) is 5.71. The summed E-state index contributed by atoms with van der Waals surface area (Å²) in [6, 6.07) is 6.66. The third kappa shape index (κ3) is 2.51. The summed E-state index contributed by atoms with van der Waals surface area (Å²) in [6.45, 7) is 0.518. The molecule has 2 atom stereocenters. The molecule has 2 N–H and O–H groups in total. The zero-order chi connectivity index (χ0) is 13.1. The minimum Gasteiger partial charge on any atom is -0.480 e. The number of ether oxygens (including phenoxy) is 1. The van der Waals surface area contributed by atoms with E-state index in [1.165, 1.54) is 0 Å². The van der Waals surface area contributed by atoms with E-state index in [9.17, 15) is 9.59 Å². The third-order valence-corrected chi connectivity index (χ3v) is 3.11. The maximum Gasteiger partial charge on any atom is 0.326 e. The molecule has 1 amide bonds. The highest BCUT2D eigenvalue weighted by atomic mass is 16.5. The Balaban J connectivity index is 2.19. The number of hydrogen-bond donors (Lipinski definition) is 2. The lowest BCUT2D eigenvalue weighted by molar-refractivity contribution is -0.140. The Bertz CT molecular complexity index is 455. The summed E-state index contributed by atoms with van der Waals surface area (Å²) < 4.78 is 5.01. The second kappa shape index (κ2) is 5.18. The summed E-state index contributed by atoms with van der Waals surface area (Å²) in [5, 5.41) is 11.5. The van der Waals surface area contributed by atoms with Crippen molar-refractivity contribution in [3.63, 3.8) is 0 Å². The van der Waals surface area contributed by atoms with E-state index >= 15 is 0 Å². The predicted octanol–water partition coefficient (Wildman–Crippen LogP) is 0.890. The molecule has 0 spiro atoms. The highest BCUT2D eigenvalue weighted by molar-refractivity contribution is 5.89. The molecule has 2 rings (SSSR count). The molecule has 0 aromatic heterocycles. The fourth-order valence-corrected chi connectivity index (χ4v) is 2.22. The number of carboxylic acid groups (broad SMARTS) is 1.